The quantitative estimate of drug-likeness (QED) is 0.744. The molecule has 0 aliphatic carbocycles. The Kier molecular flexibility index (Phi) is 4.08. The van der Waals surface area contributed by atoms with Gasteiger partial charge in [0.25, 0.3) is 0 Å². The molecule has 0 saturated heterocycles. The van der Waals surface area contributed by atoms with E-state index in [-0.39, 0.29) is 30.8 Å². The first-order valence-corrected chi connectivity index (χ1v) is 8.88. The van der Waals surface area contributed by atoms with Crippen LogP contribution in [0.3, 0.4) is 0 Å². The van der Waals surface area contributed by atoms with Crippen molar-refractivity contribution in [3.8, 4) is 0 Å². The number of carbonyl (C=O) groups is 2. The van der Waals surface area contributed by atoms with E-state index in [0.717, 1.165) is 22.4 Å². The second kappa shape index (κ2) is 6.29. The van der Waals surface area contributed by atoms with E-state index in [0.29, 0.717) is 16.3 Å². The Morgan fingerprint density at radius 2 is 1.69 bits per heavy atom. The maximum absolute atomic E-state index is 13.0. The Bertz CT molecular complexity index is 926. The summed E-state index contributed by atoms with van der Waals surface area (Å²) in [5.41, 5.74) is 5.05. The highest BCUT2D eigenvalue weighted by Crippen LogP contribution is 2.42. The minimum Gasteiger partial charge on any atom is -0.456 e. The minimum absolute atomic E-state index is 0.0352. The van der Waals surface area contributed by atoms with E-state index in [9.17, 15) is 9.59 Å². The average molecular weight is 368 g/mol. The van der Waals surface area contributed by atoms with Crippen LogP contribution in [0.2, 0.25) is 5.02 Å². The number of rotatable bonds is 2. The molecule has 5 heteroatoms. The summed E-state index contributed by atoms with van der Waals surface area (Å²) in [7, 11) is 0. The third kappa shape index (κ3) is 2.80. The number of cyclic esters (lactones) is 1. The fourth-order valence-corrected chi connectivity index (χ4v) is 3.94. The van der Waals surface area contributed by atoms with Crippen LogP contribution < -0.4 is 4.90 Å². The summed E-state index contributed by atoms with van der Waals surface area (Å²) in [6, 6.07) is 13.3. The molecule has 4 rings (SSSR count). The first-order valence-electron chi connectivity index (χ1n) is 8.51. The summed E-state index contributed by atoms with van der Waals surface area (Å²) in [4.78, 5) is 27.1. The van der Waals surface area contributed by atoms with Gasteiger partial charge in [0.2, 0.25) is 5.91 Å². The van der Waals surface area contributed by atoms with Crippen molar-refractivity contribution in [2.24, 2.45) is 0 Å². The normalized spacial score (nSPS) is 19.7. The summed E-state index contributed by atoms with van der Waals surface area (Å²) in [5, 5.41) is 0.621. The van der Waals surface area contributed by atoms with Crippen LogP contribution in [0, 0.1) is 13.8 Å². The topological polar surface area (TPSA) is 46.6 Å². The molecular weight excluding hydrogens is 350 g/mol. The minimum atomic E-state index is -0.346. The van der Waals surface area contributed by atoms with Gasteiger partial charge in [0.15, 0.2) is 0 Å². The summed E-state index contributed by atoms with van der Waals surface area (Å²) in [6.45, 7) is 4.11. The van der Waals surface area contributed by atoms with Crippen molar-refractivity contribution in [3.63, 3.8) is 0 Å². The Hall–Kier alpha value is -2.59. The van der Waals surface area contributed by atoms with Crippen LogP contribution >= 0.6 is 11.6 Å². The van der Waals surface area contributed by atoms with E-state index >= 15 is 0 Å². The molecule has 4 nitrogen and oxygen atoms in total. The van der Waals surface area contributed by atoms with Crippen molar-refractivity contribution in [1.82, 2.24) is 0 Å². The lowest BCUT2D eigenvalue weighted by Gasteiger charge is -2.32. The molecule has 2 aromatic carbocycles. The fourth-order valence-electron chi connectivity index (χ4n) is 3.81. The molecule has 2 aromatic rings. The third-order valence-corrected chi connectivity index (χ3v) is 5.11. The molecule has 26 heavy (non-hydrogen) atoms. The van der Waals surface area contributed by atoms with Crippen molar-refractivity contribution in [2.45, 2.75) is 26.2 Å². The van der Waals surface area contributed by atoms with Crippen LogP contribution in [-0.2, 0) is 14.3 Å². The van der Waals surface area contributed by atoms with E-state index in [1.165, 1.54) is 0 Å². The highest BCUT2D eigenvalue weighted by molar-refractivity contribution is 6.30. The highest BCUT2D eigenvalue weighted by Gasteiger charge is 2.42. The standard InChI is InChI=1S/C21H18ClNO3/c1-12-7-13(2)9-16(8-12)23-18-11-26-21(25)20(18)17(10-19(23)24)14-3-5-15(22)6-4-14/h3-9,17H,10-11H2,1-2H3. The molecule has 1 amide bonds. The van der Waals surface area contributed by atoms with Gasteiger partial charge in [-0.15, -0.1) is 0 Å². The predicted octanol–water partition coefficient (Wildman–Crippen LogP) is 4.29. The highest BCUT2D eigenvalue weighted by atomic mass is 35.5. The van der Waals surface area contributed by atoms with E-state index in [1.54, 1.807) is 17.0 Å². The number of hydrogen-bond acceptors (Lipinski definition) is 3. The molecule has 132 valence electrons. The van der Waals surface area contributed by atoms with Crippen molar-refractivity contribution in [1.29, 1.82) is 0 Å². The lowest BCUT2D eigenvalue weighted by atomic mass is 9.84. The Balaban J connectivity index is 1.84. The fraction of sp³-hybridized carbons (Fsp3) is 0.238. The van der Waals surface area contributed by atoms with Crippen LogP contribution in [0.4, 0.5) is 5.69 Å². The summed E-state index contributed by atoms with van der Waals surface area (Å²) in [5.74, 6) is -0.680. The summed E-state index contributed by atoms with van der Waals surface area (Å²) >= 11 is 5.97. The van der Waals surface area contributed by atoms with Gasteiger partial charge in [0.1, 0.15) is 6.61 Å². The lowest BCUT2D eigenvalue weighted by molar-refractivity contribution is -0.136. The van der Waals surface area contributed by atoms with Crippen LogP contribution in [0.5, 0.6) is 0 Å². The van der Waals surface area contributed by atoms with Gasteiger partial charge in [-0.2, -0.15) is 0 Å². The Morgan fingerprint density at radius 1 is 1.04 bits per heavy atom. The molecule has 0 N–H and O–H groups in total. The molecule has 0 bridgehead atoms. The molecular formula is C21H18ClNO3. The first-order chi connectivity index (χ1) is 12.4. The number of aryl methyl sites for hydroxylation is 2. The molecule has 0 radical (unpaired) electrons. The van der Waals surface area contributed by atoms with Gasteiger partial charge in [0, 0.05) is 23.0 Å². The van der Waals surface area contributed by atoms with E-state index in [2.05, 4.69) is 6.07 Å². The smallest absolute Gasteiger partial charge is 0.336 e. The summed E-state index contributed by atoms with van der Waals surface area (Å²) in [6.07, 6.45) is 0.225. The molecule has 0 saturated carbocycles. The SMILES string of the molecule is Cc1cc(C)cc(N2C(=O)CC(c3ccc(Cl)cc3)C3=C2COC3=O)c1. The van der Waals surface area contributed by atoms with Crippen molar-refractivity contribution < 1.29 is 14.3 Å². The second-order valence-electron chi connectivity index (χ2n) is 6.82. The van der Waals surface area contributed by atoms with E-state index < -0.39 is 0 Å². The average Bonchev–Trinajstić information content (AvgIpc) is 2.95. The number of anilines is 1. The zero-order valence-electron chi connectivity index (χ0n) is 14.6. The second-order valence-corrected chi connectivity index (χ2v) is 7.26. The van der Waals surface area contributed by atoms with Gasteiger partial charge in [-0.25, -0.2) is 4.79 Å². The largest absolute Gasteiger partial charge is 0.456 e. The molecule has 0 spiro atoms. The molecule has 2 aliphatic heterocycles. The van der Waals surface area contributed by atoms with Crippen LogP contribution in [-0.4, -0.2) is 18.5 Å². The number of carbonyl (C=O) groups excluding carboxylic acids is 2. The molecule has 0 aromatic heterocycles. The number of ether oxygens (including phenoxy) is 1. The number of amides is 1. The van der Waals surface area contributed by atoms with Gasteiger partial charge < -0.3 is 4.74 Å². The number of hydrogen-bond donors (Lipinski definition) is 0. The van der Waals surface area contributed by atoms with E-state index in [4.69, 9.17) is 16.3 Å². The maximum Gasteiger partial charge on any atom is 0.336 e. The van der Waals surface area contributed by atoms with Gasteiger partial charge in [-0.05, 0) is 54.8 Å². The molecule has 1 unspecified atom stereocenters. The third-order valence-electron chi connectivity index (χ3n) is 4.85. The van der Waals surface area contributed by atoms with Crippen LogP contribution in [0.15, 0.2) is 53.7 Å². The van der Waals surface area contributed by atoms with Gasteiger partial charge >= 0.3 is 5.97 Å². The van der Waals surface area contributed by atoms with Gasteiger partial charge in [-0.3, -0.25) is 9.69 Å². The molecule has 0 fully saturated rings. The van der Waals surface area contributed by atoms with Crippen molar-refractivity contribution in [3.05, 3.63) is 75.4 Å². The summed E-state index contributed by atoms with van der Waals surface area (Å²) < 4.78 is 5.30. The van der Waals surface area contributed by atoms with Gasteiger partial charge in [-0.1, -0.05) is 29.8 Å². The number of halogens is 1. The monoisotopic (exact) mass is 367 g/mol. The maximum atomic E-state index is 13.0. The predicted molar refractivity (Wildman–Crippen MR) is 100 cm³/mol. The number of esters is 1. The lowest BCUT2D eigenvalue weighted by Crippen LogP contribution is -2.37. The van der Waals surface area contributed by atoms with E-state index in [1.807, 2.05) is 38.1 Å². The first kappa shape index (κ1) is 16.9. The molecule has 2 heterocycles. The van der Waals surface area contributed by atoms with Gasteiger partial charge in [0.05, 0.1) is 11.3 Å². The van der Waals surface area contributed by atoms with Crippen LogP contribution in [0.1, 0.15) is 29.0 Å². The number of benzene rings is 2. The Morgan fingerprint density at radius 3 is 2.35 bits per heavy atom. The van der Waals surface area contributed by atoms with Crippen LogP contribution in [0.25, 0.3) is 0 Å². The number of nitrogens with zero attached hydrogens (tertiary/aromatic N) is 1. The van der Waals surface area contributed by atoms with Crippen molar-refractivity contribution in [2.75, 3.05) is 11.5 Å². The zero-order chi connectivity index (χ0) is 18.4. The zero-order valence-corrected chi connectivity index (χ0v) is 15.3. The molecule has 2 aliphatic rings. The molecule has 1 atom stereocenters. The van der Waals surface area contributed by atoms with Crippen molar-refractivity contribution >= 4 is 29.2 Å². The Labute approximate surface area is 157 Å².